The molecule has 52 heavy (non-hydrogen) atoms. The first-order chi connectivity index (χ1) is 24.9. The maximum absolute atomic E-state index is 14.6. The van der Waals surface area contributed by atoms with Crippen molar-refractivity contribution < 1.29 is 14.4 Å². The van der Waals surface area contributed by atoms with Crippen LogP contribution in [0.4, 0.5) is 5.13 Å². The lowest BCUT2D eigenvalue weighted by molar-refractivity contribution is -0.153. The first kappa shape index (κ1) is 42.6. The summed E-state index contributed by atoms with van der Waals surface area (Å²) in [4.78, 5) is 50.8. The highest BCUT2D eigenvalue weighted by molar-refractivity contribution is 7.16. The Morgan fingerprint density at radius 2 is 1.50 bits per heavy atom. The Morgan fingerprint density at radius 3 is 2.00 bits per heavy atom. The number of carbonyl (C=O) groups is 3. The van der Waals surface area contributed by atoms with Crippen LogP contribution in [0.1, 0.15) is 153 Å². The summed E-state index contributed by atoms with van der Waals surface area (Å²) in [6.45, 7) is 19.5. The van der Waals surface area contributed by atoms with E-state index in [4.69, 9.17) is 4.98 Å². The second kappa shape index (κ2) is 20.5. The molecule has 0 N–H and O–H groups in total. The standard InChI is InChI=1S/C43H63N5O3S/c1-10-16-22-31(13-4)29-47(30-32(14-5)23-17-11-2)42-45-38(43(7,8)15-6)37(52-42)27-35-34(26-18-12-3)36(28-44)41(51)48(40(35)50)46(9)39(49)33-24-20-19-21-25-33/h19-21,24-25,27,31-32H,10-18,22-23,26,29-30H2,1-9H3/b35-27-. The minimum Gasteiger partial charge on any atom is -0.348 e. The van der Waals surface area contributed by atoms with E-state index in [0.29, 0.717) is 35.8 Å². The van der Waals surface area contributed by atoms with Gasteiger partial charge in [-0.3, -0.25) is 14.4 Å². The molecule has 0 bridgehead atoms. The van der Waals surface area contributed by atoms with Gasteiger partial charge in [0.25, 0.3) is 17.7 Å². The molecule has 0 aliphatic carbocycles. The Hall–Kier alpha value is -3.77. The van der Waals surface area contributed by atoms with Crippen molar-refractivity contribution in [2.75, 3.05) is 25.0 Å². The summed E-state index contributed by atoms with van der Waals surface area (Å²) < 4.78 is 0. The molecule has 3 amide bonds. The number of thiazole rings is 1. The molecule has 8 nitrogen and oxygen atoms in total. The smallest absolute Gasteiger partial charge is 0.290 e. The van der Waals surface area contributed by atoms with E-state index >= 15 is 0 Å². The van der Waals surface area contributed by atoms with Gasteiger partial charge in [-0.25, -0.2) is 9.99 Å². The fraction of sp³-hybridized carbons (Fsp3) is 0.605. The van der Waals surface area contributed by atoms with Gasteiger partial charge in [-0.05, 0) is 67.7 Å². The van der Waals surface area contributed by atoms with Gasteiger partial charge in [-0.2, -0.15) is 10.3 Å². The van der Waals surface area contributed by atoms with Crippen LogP contribution in [0.15, 0.2) is 47.1 Å². The van der Waals surface area contributed by atoms with Gasteiger partial charge in [-0.1, -0.05) is 130 Å². The molecule has 3 rings (SSSR count). The number of hydrogen-bond acceptors (Lipinski definition) is 7. The lowest BCUT2D eigenvalue weighted by Crippen LogP contribution is -2.54. The van der Waals surface area contributed by atoms with Crippen LogP contribution in [0, 0.1) is 23.2 Å². The summed E-state index contributed by atoms with van der Waals surface area (Å²) in [6.07, 6.45) is 14.0. The number of carbonyl (C=O) groups excluding carboxylic acids is 3. The third-order valence-corrected chi connectivity index (χ3v) is 11.8. The van der Waals surface area contributed by atoms with Gasteiger partial charge in [0.1, 0.15) is 11.6 Å². The van der Waals surface area contributed by atoms with E-state index in [2.05, 4.69) is 59.4 Å². The van der Waals surface area contributed by atoms with E-state index in [1.54, 1.807) is 41.7 Å². The lowest BCUT2D eigenvalue weighted by atomic mass is 9.84. The number of unbranched alkanes of at least 4 members (excludes halogenated alkanes) is 3. The molecule has 1 aliphatic rings. The van der Waals surface area contributed by atoms with Gasteiger partial charge in [-0.15, -0.1) is 0 Å². The maximum Gasteiger partial charge on any atom is 0.290 e. The molecule has 0 saturated heterocycles. The van der Waals surface area contributed by atoms with E-state index in [1.807, 2.05) is 13.0 Å². The van der Waals surface area contributed by atoms with Gasteiger partial charge in [0.15, 0.2) is 5.13 Å². The van der Waals surface area contributed by atoms with Crippen molar-refractivity contribution in [3.63, 3.8) is 0 Å². The van der Waals surface area contributed by atoms with Crippen molar-refractivity contribution in [3.05, 3.63) is 63.2 Å². The Morgan fingerprint density at radius 1 is 0.923 bits per heavy atom. The monoisotopic (exact) mass is 729 g/mol. The summed E-state index contributed by atoms with van der Waals surface area (Å²) in [7, 11) is 1.41. The predicted octanol–water partition coefficient (Wildman–Crippen LogP) is 10.5. The van der Waals surface area contributed by atoms with Crippen molar-refractivity contribution in [2.24, 2.45) is 11.8 Å². The van der Waals surface area contributed by atoms with Crippen LogP contribution in [0.25, 0.3) is 6.08 Å². The summed E-state index contributed by atoms with van der Waals surface area (Å²) in [5.41, 5.74) is 1.57. The second-order valence-corrected chi connectivity index (χ2v) is 15.9. The van der Waals surface area contributed by atoms with Gasteiger partial charge in [0.05, 0.1) is 10.6 Å². The predicted molar refractivity (Wildman–Crippen MR) is 215 cm³/mol. The van der Waals surface area contributed by atoms with Crippen LogP contribution in [-0.2, 0) is 15.0 Å². The van der Waals surface area contributed by atoms with Gasteiger partial charge >= 0.3 is 0 Å². The highest BCUT2D eigenvalue weighted by Crippen LogP contribution is 2.41. The molecule has 284 valence electrons. The number of nitriles is 1. The Labute approximate surface area is 317 Å². The summed E-state index contributed by atoms with van der Waals surface area (Å²) in [5, 5.41) is 13.2. The molecular weight excluding hydrogens is 667 g/mol. The van der Waals surface area contributed by atoms with Crippen LogP contribution in [0.3, 0.4) is 0 Å². The number of anilines is 1. The Kier molecular flexibility index (Phi) is 16.8. The van der Waals surface area contributed by atoms with Gasteiger partial charge < -0.3 is 4.90 Å². The van der Waals surface area contributed by atoms with E-state index in [9.17, 15) is 19.6 Å². The number of imide groups is 1. The largest absolute Gasteiger partial charge is 0.348 e. The highest BCUT2D eigenvalue weighted by Gasteiger charge is 2.41. The molecule has 1 aliphatic heterocycles. The number of aromatic nitrogens is 1. The molecular formula is C43H63N5O3S. The summed E-state index contributed by atoms with van der Waals surface area (Å²) >= 11 is 1.60. The topological polar surface area (TPSA) is 97.6 Å². The lowest BCUT2D eigenvalue weighted by Gasteiger charge is -2.34. The fourth-order valence-electron chi connectivity index (χ4n) is 6.74. The van der Waals surface area contributed by atoms with Gasteiger partial charge in [0.2, 0.25) is 0 Å². The molecule has 2 unspecified atom stereocenters. The van der Waals surface area contributed by atoms with E-state index in [1.165, 1.54) is 45.6 Å². The highest BCUT2D eigenvalue weighted by atomic mass is 32.1. The Balaban J connectivity index is 2.26. The van der Waals surface area contributed by atoms with E-state index in [-0.39, 0.29) is 16.6 Å². The van der Waals surface area contributed by atoms with Crippen LogP contribution in [0.2, 0.25) is 0 Å². The van der Waals surface area contributed by atoms with Crippen molar-refractivity contribution >= 4 is 40.3 Å². The van der Waals surface area contributed by atoms with Crippen molar-refractivity contribution in [2.45, 2.75) is 138 Å². The molecule has 1 aromatic carbocycles. The first-order valence-electron chi connectivity index (χ1n) is 19.8. The third kappa shape index (κ3) is 10.4. The molecule has 9 heteroatoms. The van der Waals surface area contributed by atoms with Crippen LogP contribution < -0.4 is 4.90 Å². The molecule has 0 fully saturated rings. The normalized spacial score (nSPS) is 15.6. The molecule has 0 spiro atoms. The quantitative estimate of drug-likeness (QED) is 0.0937. The SMILES string of the molecule is CCCCC1=C(C#N)C(=O)N(N(C)C(=O)c2ccccc2)C(=O)/C1=C\c1sc(N(CC(CC)CCCC)CC(CC)CCCC)nc1C(C)(C)CC. The molecule has 2 aromatic rings. The minimum absolute atomic E-state index is 0.0990. The molecule has 0 radical (unpaired) electrons. The number of rotatable bonds is 21. The van der Waals surface area contributed by atoms with Crippen LogP contribution in [0.5, 0.6) is 0 Å². The Bertz CT molecular complexity index is 1580. The zero-order valence-corrected chi connectivity index (χ0v) is 34.2. The van der Waals surface area contributed by atoms with E-state index in [0.717, 1.165) is 64.5 Å². The third-order valence-electron chi connectivity index (χ3n) is 10.7. The van der Waals surface area contributed by atoms with Crippen molar-refractivity contribution in [1.82, 2.24) is 15.0 Å². The van der Waals surface area contributed by atoms with Gasteiger partial charge in [0, 0.05) is 36.7 Å². The number of hydrogen-bond donors (Lipinski definition) is 0. The zero-order chi connectivity index (χ0) is 38.4. The molecule has 2 heterocycles. The molecule has 2 atom stereocenters. The number of benzene rings is 1. The van der Waals surface area contributed by atoms with Crippen molar-refractivity contribution in [1.29, 1.82) is 5.26 Å². The van der Waals surface area contributed by atoms with Crippen LogP contribution in [-0.4, -0.2) is 52.9 Å². The first-order valence-corrected chi connectivity index (χ1v) is 20.6. The summed E-state index contributed by atoms with van der Waals surface area (Å²) in [5.74, 6) is -0.790. The van der Waals surface area contributed by atoms with Crippen LogP contribution >= 0.6 is 11.3 Å². The second-order valence-electron chi connectivity index (χ2n) is 14.9. The van der Waals surface area contributed by atoms with Crippen molar-refractivity contribution in [3.8, 4) is 6.07 Å². The number of nitrogens with zero attached hydrogens (tertiary/aromatic N) is 5. The fourth-order valence-corrected chi connectivity index (χ4v) is 7.95. The minimum atomic E-state index is -0.775. The number of hydrazine groups is 1. The average molecular weight is 730 g/mol. The molecule has 1 aromatic heterocycles. The average Bonchev–Trinajstić information content (AvgIpc) is 3.59. The summed E-state index contributed by atoms with van der Waals surface area (Å²) in [6, 6.07) is 10.7. The van der Waals surface area contributed by atoms with E-state index < -0.39 is 17.7 Å². The maximum atomic E-state index is 14.6. The molecule has 0 saturated carbocycles. The zero-order valence-electron chi connectivity index (χ0n) is 33.4. The number of amides is 3.